The molecule has 1 aromatic carbocycles. The first-order chi connectivity index (χ1) is 13.0. The highest BCUT2D eigenvalue weighted by molar-refractivity contribution is 5.79. The molecular weight excluding hydrogens is 340 g/mol. The molecule has 1 fully saturated rings. The van der Waals surface area contributed by atoms with Gasteiger partial charge in [0.25, 0.3) is 0 Å². The molecule has 0 aromatic heterocycles. The molecule has 27 heavy (non-hydrogen) atoms. The van der Waals surface area contributed by atoms with Crippen molar-refractivity contribution in [3.05, 3.63) is 41.5 Å². The second kappa shape index (κ2) is 8.26. The SMILES string of the molecule is CCC(=O)N1[C@H](CN(C)C(C)=O)[C@@H](c2ccc(C3=CCCC3)cc2)[C@@H]1CO. The molecule has 1 N–H and O–H groups in total. The summed E-state index contributed by atoms with van der Waals surface area (Å²) in [6, 6.07) is 8.22. The monoisotopic (exact) mass is 370 g/mol. The Bertz CT molecular complexity index is 726. The molecule has 2 aliphatic rings. The number of likely N-dealkylation sites (N-methyl/N-ethyl adjacent to an activating group) is 1. The van der Waals surface area contributed by atoms with E-state index in [1.165, 1.54) is 24.5 Å². The van der Waals surface area contributed by atoms with Gasteiger partial charge in [0, 0.05) is 32.9 Å². The van der Waals surface area contributed by atoms with Gasteiger partial charge in [0.2, 0.25) is 11.8 Å². The number of carbonyl (C=O) groups excluding carboxylic acids is 2. The van der Waals surface area contributed by atoms with Crippen LogP contribution in [0, 0.1) is 0 Å². The average molecular weight is 370 g/mol. The predicted octanol–water partition coefficient (Wildman–Crippen LogP) is 2.80. The van der Waals surface area contributed by atoms with E-state index in [1.54, 1.807) is 16.8 Å². The first kappa shape index (κ1) is 19.6. The highest BCUT2D eigenvalue weighted by Gasteiger charge is 2.50. The average Bonchev–Trinajstić information content (AvgIpc) is 3.19. The maximum atomic E-state index is 12.4. The van der Waals surface area contributed by atoms with E-state index in [0.717, 1.165) is 18.4 Å². The molecule has 0 unspecified atom stereocenters. The van der Waals surface area contributed by atoms with E-state index in [1.807, 2.05) is 6.92 Å². The Morgan fingerprint density at radius 1 is 1.22 bits per heavy atom. The summed E-state index contributed by atoms with van der Waals surface area (Å²) in [4.78, 5) is 27.6. The van der Waals surface area contributed by atoms with Gasteiger partial charge >= 0.3 is 0 Å². The van der Waals surface area contributed by atoms with Crippen LogP contribution in [0.3, 0.4) is 0 Å². The van der Waals surface area contributed by atoms with Crippen molar-refractivity contribution in [2.45, 2.75) is 57.5 Å². The van der Waals surface area contributed by atoms with Gasteiger partial charge in [0.15, 0.2) is 0 Å². The zero-order chi connectivity index (χ0) is 19.6. The summed E-state index contributed by atoms with van der Waals surface area (Å²) in [5, 5.41) is 9.94. The number of amides is 2. The summed E-state index contributed by atoms with van der Waals surface area (Å²) < 4.78 is 0. The Balaban J connectivity index is 1.85. The molecule has 0 bridgehead atoms. The van der Waals surface area contributed by atoms with Crippen molar-refractivity contribution < 1.29 is 14.7 Å². The number of allylic oxidation sites excluding steroid dienone is 2. The molecule has 1 aliphatic heterocycles. The van der Waals surface area contributed by atoms with E-state index >= 15 is 0 Å². The lowest BCUT2D eigenvalue weighted by Crippen LogP contribution is -2.68. The number of aliphatic hydroxyl groups excluding tert-OH is 1. The van der Waals surface area contributed by atoms with Crippen molar-refractivity contribution in [3.8, 4) is 0 Å². The van der Waals surface area contributed by atoms with Crippen LogP contribution >= 0.6 is 0 Å². The Morgan fingerprint density at radius 2 is 1.93 bits per heavy atom. The van der Waals surface area contributed by atoms with E-state index < -0.39 is 0 Å². The summed E-state index contributed by atoms with van der Waals surface area (Å²) in [6.45, 7) is 3.78. The third-order valence-electron chi connectivity index (χ3n) is 6.03. The molecule has 5 nitrogen and oxygen atoms in total. The van der Waals surface area contributed by atoms with Crippen molar-refractivity contribution in [2.24, 2.45) is 0 Å². The summed E-state index contributed by atoms with van der Waals surface area (Å²) in [5.41, 5.74) is 3.79. The van der Waals surface area contributed by atoms with Crippen LogP contribution in [0.1, 0.15) is 56.6 Å². The standard InChI is InChI=1S/C22H30N2O3/c1-4-21(27)24-19(13-23(3)15(2)26)22(20(24)14-25)18-11-9-17(10-12-18)16-7-5-6-8-16/h7,9-12,19-20,22,25H,4-6,8,13-14H2,1-3H3/t19-,20+,22-/m1/s1. The lowest BCUT2D eigenvalue weighted by Gasteiger charge is -2.55. The zero-order valence-electron chi connectivity index (χ0n) is 16.5. The van der Waals surface area contributed by atoms with Crippen molar-refractivity contribution in [3.63, 3.8) is 0 Å². The molecule has 1 aromatic rings. The Hall–Kier alpha value is -2.14. The third kappa shape index (κ3) is 3.79. The Morgan fingerprint density at radius 3 is 2.44 bits per heavy atom. The fourth-order valence-electron chi connectivity index (χ4n) is 4.41. The van der Waals surface area contributed by atoms with Gasteiger partial charge < -0.3 is 14.9 Å². The highest BCUT2D eigenvalue weighted by atomic mass is 16.3. The molecule has 146 valence electrons. The summed E-state index contributed by atoms with van der Waals surface area (Å²) >= 11 is 0. The van der Waals surface area contributed by atoms with Crippen molar-refractivity contribution >= 4 is 17.4 Å². The molecule has 0 saturated carbocycles. The van der Waals surface area contributed by atoms with Crippen LogP contribution in [0.4, 0.5) is 0 Å². The third-order valence-corrected chi connectivity index (χ3v) is 6.03. The fraction of sp³-hybridized carbons (Fsp3) is 0.545. The maximum absolute atomic E-state index is 12.4. The van der Waals surface area contributed by atoms with Crippen LogP contribution in [-0.4, -0.2) is 59.0 Å². The summed E-state index contributed by atoms with van der Waals surface area (Å²) in [6.07, 6.45) is 6.21. The molecule has 1 heterocycles. The molecule has 1 aliphatic carbocycles. The number of benzene rings is 1. The number of hydrogen-bond donors (Lipinski definition) is 1. The van der Waals surface area contributed by atoms with E-state index in [0.29, 0.717) is 13.0 Å². The quantitative estimate of drug-likeness (QED) is 0.838. The topological polar surface area (TPSA) is 60.9 Å². The van der Waals surface area contributed by atoms with E-state index in [4.69, 9.17) is 0 Å². The summed E-state index contributed by atoms with van der Waals surface area (Å²) in [5.74, 6) is 0.0486. The summed E-state index contributed by atoms with van der Waals surface area (Å²) in [7, 11) is 1.76. The molecule has 1 saturated heterocycles. The second-order valence-corrected chi connectivity index (χ2v) is 7.64. The number of rotatable bonds is 6. The number of nitrogens with zero attached hydrogens (tertiary/aromatic N) is 2. The number of likely N-dealkylation sites (tertiary alicyclic amines) is 1. The molecule has 3 rings (SSSR count). The van der Waals surface area contributed by atoms with Gasteiger partial charge in [-0.05, 0) is 36.0 Å². The van der Waals surface area contributed by atoms with Gasteiger partial charge in [-0.2, -0.15) is 0 Å². The van der Waals surface area contributed by atoms with Crippen LogP contribution in [0.5, 0.6) is 0 Å². The highest BCUT2D eigenvalue weighted by Crippen LogP contribution is 2.42. The van der Waals surface area contributed by atoms with Gasteiger partial charge in [0.1, 0.15) is 0 Å². The first-order valence-corrected chi connectivity index (χ1v) is 9.91. The van der Waals surface area contributed by atoms with Crippen molar-refractivity contribution in [1.82, 2.24) is 9.80 Å². The fourth-order valence-corrected chi connectivity index (χ4v) is 4.41. The van der Waals surface area contributed by atoms with Crippen LogP contribution in [0.25, 0.3) is 5.57 Å². The number of carbonyl (C=O) groups is 2. The number of hydrogen-bond acceptors (Lipinski definition) is 3. The van der Waals surface area contributed by atoms with Crippen LogP contribution in [0.15, 0.2) is 30.3 Å². The van der Waals surface area contributed by atoms with Gasteiger partial charge in [-0.15, -0.1) is 0 Å². The van der Waals surface area contributed by atoms with Gasteiger partial charge in [-0.3, -0.25) is 9.59 Å². The Kier molecular flexibility index (Phi) is 6.00. The lowest BCUT2D eigenvalue weighted by atomic mass is 9.74. The lowest BCUT2D eigenvalue weighted by molar-refractivity contribution is -0.153. The maximum Gasteiger partial charge on any atom is 0.222 e. The first-order valence-electron chi connectivity index (χ1n) is 9.91. The minimum absolute atomic E-state index is 0.0198. The minimum Gasteiger partial charge on any atom is -0.394 e. The van der Waals surface area contributed by atoms with Crippen LogP contribution < -0.4 is 0 Å². The zero-order valence-corrected chi connectivity index (χ0v) is 16.5. The molecule has 0 spiro atoms. The molecule has 2 amide bonds. The predicted molar refractivity (Wildman–Crippen MR) is 106 cm³/mol. The van der Waals surface area contributed by atoms with E-state index in [-0.39, 0.29) is 36.4 Å². The molecule has 3 atom stereocenters. The minimum atomic E-state index is -0.223. The smallest absolute Gasteiger partial charge is 0.222 e. The van der Waals surface area contributed by atoms with Crippen molar-refractivity contribution in [1.29, 1.82) is 0 Å². The molecular formula is C22H30N2O3. The van der Waals surface area contributed by atoms with E-state index in [2.05, 4.69) is 30.3 Å². The second-order valence-electron chi connectivity index (χ2n) is 7.64. The van der Waals surface area contributed by atoms with Crippen LogP contribution in [-0.2, 0) is 9.59 Å². The van der Waals surface area contributed by atoms with Gasteiger partial charge in [-0.25, -0.2) is 0 Å². The van der Waals surface area contributed by atoms with Gasteiger partial charge in [-0.1, -0.05) is 37.3 Å². The Labute approximate surface area is 161 Å². The molecule has 5 heteroatoms. The molecule has 0 radical (unpaired) electrons. The normalized spacial score (nSPS) is 24.4. The van der Waals surface area contributed by atoms with Crippen molar-refractivity contribution in [2.75, 3.05) is 20.2 Å². The van der Waals surface area contributed by atoms with Gasteiger partial charge in [0.05, 0.1) is 18.7 Å². The van der Waals surface area contributed by atoms with E-state index in [9.17, 15) is 14.7 Å². The van der Waals surface area contributed by atoms with Crippen LogP contribution in [0.2, 0.25) is 0 Å². The number of aliphatic hydroxyl groups is 1. The largest absolute Gasteiger partial charge is 0.394 e.